The van der Waals surface area contributed by atoms with Crippen molar-refractivity contribution < 1.29 is 41.0 Å². The number of likely N-dealkylation sites (tertiary alicyclic amines) is 1. The molecule has 0 aliphatic carbocycles. The number of piperidine rings is 2. The maximum Gasteiger partial charge on any atom is 0.418 e. The van der Waals surface area contributed by atoms with Crippen LogP contribution in [-0.2, 0) is 11.0 Å². The quantitative estimate of drug-likeness (QED) is 0.493. The molecule has 0 aromatic carbocycles. The number of rotatable bonds is 3. The number of pyridine rings is 1. The number of alkyl halides is 6. The van der Waals surface area contributed by atoms with Gasteiger partial charge in [0.05, 0.1) is 16.8 Å². The predicted molar refractivity (Wildman–Crippen MR) is 125 cm³/mol. The van der Waals surface area contributed by atoms with Crippen molar-refractivity contribution in [3.05, 3.63) is 34.6 Å². The van der Waals surface area contributed by atoms with E-state index in [-0.39, 0.29) is 48.8 Å². The third kappa shape index (κ3) is 5.15. The zero-order chi connectivity index (χ0) is 28.1. The summed E-state index contributed by atoms with van der Waals surface area (Å²) in [5.74, 6) is -4.84. The van der Waals surface area contributed by atoms with E-state index in [0.717, 1.165) is 12.5 Å². The van der Waals surface area contributed by atoms with Crippen molar-refractivity contribution >= 4 is 23.5 Å². The summed E-state index contributed by atoms with van der Waals surface area (Å²) in [6.45, 7) is 1.21. The maximum absolute atomic E-state index is 13.8. The number of fused-ring (bicyclic) bond motifs is 1. The molecule has 212 valence electrons. The van der Waals surface area contributed by atoms with Crippen LogP contribution in [0.5, 0.6) is 0 Å². The molecular formula is C24H26F6N6O3. The van der Waals surface area contributed by atoms with Gasteiger partial charge in [-0.3, -0.25) is 14.7 Å². The molecule has 2 aromatic heterocycles. The van der Waals surface area contributed by atoms with Gasteiger partial charge in [-0.05, 0) is 38.2 Å². The van der Waals surface area contributed by atoms with Crippen molar-refractivity contribution in [2.45, 2.75) is 62.4 Å². The maximum atomic E-state index is 13.8. The summed E-state index contributed by atoms with van der Waals surface area (Å²) in [5.41, 5.74) is -1.82. The lowest BCUT2D eigenvalue weighted by Crippen LogP contribution is -2.44. The number of anilines is 2. The van der Waals surface area contributed by atoms with Crippen LogP contribution in [-0.4, -0.2) is 75.5 Å². The van der Waals surface area contributed by atoms with Gasteiger partial charge in [-0.15, -0.1) is 0 Å². The summed E-state index contributed by atoms with van der Waals surface area (Å²) in [5, 5.41) is 18.6. The van der Waals surface area contributed by atoms with Gasteiger partial charge < -0.3 is 20.2 Å². The Kier molecular flexibility index (Phi) is 6.97. The Bertz CT molecular complexity index is 1250. The smallest absolute Gasteiger partial charge is 0.382 e. The number of halogens is 6. The topological polar surface area (TPSA) is 114 Å². The highest BCUT2D eigenvalue weighted by Gasteiger charge is 2.54. The fourth-order valence-corrected chi connectivity index (χ4v) is 5.60. The van der Waals surface area contributed by atoms with Gasteiger partial charge in [-0.25, -0.2) is 4.98 Å². The number of hydrogen-bond acceptors (Lipinski definition) is 6. The lowest BCUT2D eigenvalue weighted by atomic mass is 9.83. The van der Waals surface area contributed by atoms with Crippen molar-refractivity contribution in [1.82, 2.24) is 20.1 Å². The van der Waals surface area contributed by atoms with Gasteiger partial charge in [0.1, 0.15) is 23.7 Å². The van der Waals surface area contributed by atoms with Crippen LogP contribution in [0.2, 0.25) is 0 Å². The molecule has 2 amide bonds. The van der Waals surface area contributed by atoms with Crippen LogP contribution < -0.4 is 10.2 Å². The molecule has 0 saturated carbocycles. The minimum absolute atomic E-state index is 0.0763. The van der Waals surface area contributed by atoms with Gasteiger partial charge in [0.2, 0.25) is 0 Å². The van der Waals surface area contributed by atoms with Crippen molar-refractivity contribution in [2.75, 3.05) is 36.4 Å². The molecule has 2 fully saturated rings. The van der Waals surface area contributed by atoms with E-state index in [2.05, 4.69) is 20.5 Å². The first-order chi connectivity index (χ1) is 18.4. The van der Waals surface area contributed by atoms with Gasteiger partial charge in [0.15, 0.2) is 0 Å². The normalized spacial score (nSPS) is 23.0. The van der Waals surface area contributed by atoms with Crippen LogP contribution in [0.1, 0.15) is 71.1 Å². The molecule has 9 nitrogen and oxygen atoms in total. The Morgan fingerprint density at radius 3 is 2.31 bits per heavy atom. The Hall–Kier alpha value is -3.36. The molecule has 2 atom stereocenters. The molecule has 2 aromatic rings. The number of carbonyl (C=O) groups is 2. The first-order valence-electron chi connectivity index (χ1n) is 12.6. The molecule has 15 heteroatoms. The van der Waals surface area contributed by atoms with E-state index in [0.29, 0.717) is 32.1 Å². The van der Waals surface area contributed by atoms with Gasteiger partial charge in [0, 0.05) is 43.9 Å². The average Bonchev–Trinajstić information content (AvgIpc) is 3.30. The SMILES string of the molecule is O=C1Nc2[nH]nc(C3CCN(c4cc(C(=O)N5CCCCC5)c(C(F)(F)F)cn4)CC3)c2[C@@H](C(F)(F)F)[C@H]1O. The molecule has 3 aliphatic rings. The summed E-state index contributed by atoms with van der Waals surface area (Å²) in [7, 11) is 0. The monoisotopic (exact) mass is 560 g/mol. The number of aliphatic hydroxyl groups excluding tert-OH is 1. The number of aromatic amines is 1. The van der Waals surface area contributed by atoms with E-state index in [1.54, 1.807) is 4.90 Å². The predicted octanol–water partition coefficient (Wildman–Crippen LogP) is 3.79. The summed E-state index contributed by atoms with van der Waals surface area (Å²) in [4.78, 5) is 31.9. The van der Waals surface area contributed by atoms with E-state index in [4.69, 9.17) is 0 Å². The van der Waals surface area contributed by atoms with Crippen molar-refractivity contribution in [3.63, 3.8) is 0 Å². The second-order valence-corrected chi connectivity index (χ2v) is 10.1. The molecule has 3 aliphatic heterocycles. The molecule has 3 N–H and O–H groups in total. The lowest BCUT2D eigenvalue weighted by molar-refractivity contribution is -0.177. The van der Waals surface area contributed by atoms with Crippen molar-refractivity contribution in [3.8, 4) is 0 Å². The highest BCUT2D eigenvalue weighted by Crippen LogP contribution is 2.47. The Morgan fingerprint density at radius 1 is 1.03 bits per heavy atom. The number of carbonyl (C=O) groups excluding carboxylic acids is 2. The summed E-state index contributed by atoms with van der Waals surface area (Å²) >= 11 is 0. The zero-order valence-electron chi connectivity index (χ0n) is 20.6. The molecule has 0 radical (unpaired) electrons. The number of amides is 2. The second-order valence-electron chi connectivity index (χ2n) is 10.1. The summed E-state index contributed by atoms with van der Waals surface area (Å²) in [6.07, 6.45) is -8.44. The van der Waals surface area contributed by atoms with Crippen LogP contribution in [0.15, 0.2) is 12.3 Å². The van der Waals surface area contributed by atoms with Crippen LogP contribution in [0, 0.1) is 0 Å². The van der Waals surface area contributed by atoms with E-state index in [9.17, 15) is 41.0 Å². The van der Waals surface area contributed by atoms with Crippen LogP contribution in [0.4, 0.5) is 38.0 Å². The zero-order valence-corrected chi connectivity index (χ0v) is 20.6. The van der Waals surface area contributed by atoms with E-state index in [1.807, 2.05) is 0 Å². The minimum atomic E-state index is -4.90. The number of H-pyrrole nitrogens is 1. The van der Waals surface area contributed by atoms with Crippen LogP contribution >= 0.6 is 0 Å². The fourth-order valence-electron chi connectivity index (χ4n) is 5.60. The summed E-state index contributed by atoms with van der Waals surface area (Å²) < 4.78 is 82.5. The number of nitrogens with zero attached hydrogens (tertiary/aromatic N) is 4. The second kappa shape index (κ2) is 9.99. The first-order valence-corrected chi connectivity index (χ1v) is 12.6. The number of hydrogen-bond donors (Lipinski definition) is 3. The average molecular weight is 560 g/mol. The largest absolute Gasteiger partial charge is 0.418 e. The highest BCUT2D eigenvalue weighted by atomic mass is 19.4. The molecule has 39 heavy (non-hydrogen) atoms. The van der Waals surface area contributed by atoms with E-state index in [1.165, 1.54) is 4.90 Å². The minimum Gasteiger partial charge on any atom is -0.382 e. The Morgan fingerprint density at radius 2 is 1.69 bits per heavy atom. The number of aromatic nitrogens is 3. The standard InChI is InChI=1S/C24H26F6N6O3/c25-23(26,27)14-11-31-15(10-13(14)22(39)36-6-2-1-3-7-36)35-8-4-12(5-9-35)18-16-17(24(28,29)30)19(37)21(38)32-20(16)34-33-18/h10-12,17,19,37H,1-9H2,(H2,32,33,34,38)/t17-,19-/m1/s1. The molecule has 5 heterocycles. The van der Waals surface area contributed by atoms with Crippen LogP contribution in [0.25, 0.3) is 0 Å². The molecule has 0 spiro atoms. The van der Waals surface area contributed by atoms with Crippen LogP contribution in [0.3, 0.4) is 0 Å². The third-order valence-electron chi connectivity index (χ3n) is 7.60. The summed E-state index contributed by atoms with van der Waals surface area (Å²) in [6, 6.07) is 1.14. The van der Waals surface area contributed by atoms with Gasteiger partial charge >= 0.3 is 12.4 Å². The van der Waals surface area contributed by atoms with Gasteiger partial charge in [0.25, 0.3) is 11.8 Å². The lowest BCUT2D eigenvalue weighted by Gasteiger charge is -2.35. The Balaban J connectivity index is 1.37. The molecule has 0 bridgehead atoms. The number of aliphatic hydroxyl groups is 1. The number of nitrogens with one attached hydrogen (secondary N) is 2. The highest BCUT2D eigenvalue weighted by molar-refractivity contribution is 5.98. The molecule has 2 saturated heterocycles. The van der Waals surface area contributed by atoms with Crippen molar-refractivity contribution in [2.24, 2.45) is 0 Å². The molecule has 5 rings (SSSR count). The first kappa shape index (κ1) is 27.2. The van der Waals surface area contributed by atoms with E-state index < -0.39 is 53.2 Å². The van der Waals surface area contributed by atoms with E-state index >= 15 is 0 Å². The molecular weight excluding hydrogens is 534 g/mol. The Labute approximate surface area is 218 Å². The van der Waals surface area contributed by atoms with Crippen molar-refractivity contribution in [1.29, 1.82) is 0 Å². The van der Waals surface area contributed by atoms with Gasteiger partial charge in [-0.1, -0.05) is 0 Å². The fraction of sp³-hybridized carbons (Fsp3) is 0.583. The molecule has 0 unspecified atom stereocenters. The van der Waals surface area contributed by atoms with Gasteiger partial charge in [-0.2, -0.15) is 31.4 Å². The third-order valence-corrected chi connectivity index (χ3v) is 7.60.